The number of fused-ring (bicyclic) bond motifs is 1. The molecule has 0 spiro atoms. The van der Waals surface area contributed by atoms with Gasteiger partial charge in [-0.05, 0) is 44.2 Å². The van der Waals surface area contributed by atoms with E-state index in [1.807, 2.05) is 13.0 Å². The van der Waals surface area contributed by atoms with Crippen molar-refractivity contribution in [2.45, 2.75) is 13.8 Å². The Morgan fingerprint density at radius 2 is 2.00 bits per heavy atom. The highest BCUT2D eigenvalue weighted by Crippen LogP contribution is 2.20. The van der Waals surface area contributed by atoms with Crippen molar-refractivity contribution in [2.75, 3.05) is 5.32 Å². The minimum atomic E-state index is -0.226. The highest BCUT2D eigenvalue weighted by molar-refractivity contribution is 6.05. The van der Waals surface area contributed by atoms with Crippen LogP contribution in [0.15, 0.2) is 41.1 Å². The van der Waals surface area contributed by atoms with Crippen LogP contribution in [0.2, 0.25) is 0 Å². The Bertz CT molecular complexity index is 1060. The maximum absolute atomic E-state index is 12.4. The van der Waals surface area contributed by atoms with Crippen molar-refractivity contribution in [1.29, 1.82) is 0 Å². The minimum Gasteiger partial charge on any atom is -0.334 e. The number of carbonyl (C=O) groups excluding carboxylic acids is 1. The second-order valence-electron chi connectivity index (χ2n) is 5.62. The van der Waals surface area contributed by atoms with E-state index in [2.05, 4.69) is 30.6 Å². The molecule has 25 heavy (non-hydrogen) atoms. The molecule has 0 saturated heterocycles. The Labute approximate surface area is 142 Å². The van der Waals surface area contributed by atoms with Crippen LogP contribution in [0.1, 0.15) is 21.9 Å². The molecule has 124 valence electrons. The molecule has 0 aliphatic rings. The van der Waals surface area contributed by atoms with Gasteiger partial charge in [-0.2, -0.15) is 10.1 Å². The smallest absolute Gasteiger partial charge is 0.257 e. The number of aryl methyl sites for hydroxylation is 2. The number of hydrogen-bond acceptors (Lipinski definition) is 6. The summed E-state index contributed by atoms with van der Waals surface area (Å²) in [5.74, 6) is 0.763. The normalized spacial score (nSPS) is 11.0. The summed E-state index contributed by atoms with van der Waals surface area (Å²) in [5.41, 5.74) is 3.41. The molecule has 2 N–H and O–H groups in total. The van der Waals surface area contributed by atoms with Crippen LogP contribution in [0.25, 0.3) is 22.5 Å². The standard InChI is InChI=1S/C17H14N6O2/c1-9-14-7-13(8-18-15(14)22-21-9)20-16(24)11-3-5-12(6-4-11)17-19-10(2)23-25-17/h3-8H,1-2H3,(H,20,24)(H,18,21,22). The Balaban J connectivity index is 1.54. The highest BCUT2D eigenvalue weighted by Gasteiger charge is 2.11. The summed E-state index contributed by atoms with van der Waals surface area (Å²) in [6.45, 7) is 3.65. The van der Waals surface area contributed by atoms with Crippen LogP contribution in [0.4, 0.5) is 5.69 Å². The average molecular weight is 334 g/mol. The summed E-state index contributed by atoms with van der Waals surface area (Å²) >= 11 is 0. The zero-order valence-corrected chi connectivity index (χ0v) is 13.6. The number of benzene rings is 1. The lowest BCUT2D eigenvalue weighted by Crippen LogP contribution is -2.11. The van der Waals surface area contributed by atoms with Gasteiger partial charge in [0.15, 0.2) is 11.5 Å². The molecule has 0 aliphatic carbocycles. The second kappa shape index (κ2) is 5.82. The molecule has 0 saturated carbocycles. The van der Waals surface area contributed by atoms with Crippen molar-refractivity contribution in [1.82, 2.24) is 25.3 Å². The van der Waals surface area contributed by atoms with Crippen LogP contribution < -0.4 is 5.32 Å². The van der Waals surface area contributed by atoms with E-state index in [9.17, 15) is 4.79 Å². The van der Waals surface area contributed by atoms with E-state index in [1.54, 1.807) is 37.4 Å². The third-order valence-electron chi connectivity index (χ3n) is 3.78. The number of amides is 1. The third-order valence-corrected chi connectivity index (χ3v) is 3.78. The number of rotatable bonds is 3. The number of nitrogens with one attached hydrogen (secondary N) is 2. The fraction of sp³-hybridized carbons (Fsp3) is 0.118. The quantitative estimate of drug-likeness (QED) is 0.596. The van der Waals surface area contributed by atoms with Crippen molar-refractivity contribution in [3.8, 4) is 11.5 Å². The number of anilines is 1. The molecule has 3 heterocycles. The first kappa shape index (κ1) is 15.0. The van der Waals surface area contributed by atoms with Gasteiger partial charge in [0, 0.05) is 22.2 Å². The lowest BCUT2D eigenvalue weighted by Gasteiger charge is -2.05. The van der Waals surface area contributed by atoms with E-state index in [-0.39, 0.29) is 5.91 Å². The fourth-order valence-electron chi connectivity index (χ4n) is 2.47. The van der Waals surface area contributed by atoms with E-state index >= 15 is 0 Å². The van der Waals surface area contributed by atoms with Crippen molar-refractivity contribution >= 4 is 22.6 Å². The van der Waals surface area contributed by atoms with Gasteiger partial charge in [0.25, 0.3) is 11.8 Å². The molecule has 4 rings (SSSR count). The van der Waals surface area contributed by atoms with Gasteiger partial charge in [-0.1, -0.05) is 5.16 Å². The zero-order valence-electron chi connectivity index (χ0n) is 13.6. The van der Waals surface area contributed by atoms with Crippen LogP contribution in [-0.2, 0) is 0 Å². The lowest BCUT2D eigenvalue weighted by atomic mass is 10.1. The molecular weight excluding hydrogens is 320 g/mol. The summed E-state index contributed by atoms with van der Waals surface area (Å²) in [7, 11) is 0. The molecule has 1 amide bonds. The van der Waals surface area contributed by atoms with Crippen LogP contribution in [-0.4, -0.2) is 31.2 Å². The molecule has 0 bridgehead atoms. The maximum atomic E-state index is 12.4. The molecule has 8 heteroatoms. The Hall–Kier alpha value is -3.55. The number of carbonyl (C=O) groups is 1. The SMILES string of the molecule is Cc1noc(-c2ccc(C(=O)Nc3cnc4n[nH]c(C)c4c3)cc2)n1. The number of aromatic amines is 1. The molecule has 0 radical (unpaired) electrons. The van der Waals surface area contributed by atoms with Crippen molar-refractivity contribution < 1.29 is 9.32 Å². The van der Waals surface area contributed by atoms with Crippen LogP contribution in [0, 0.1) is 13.8 Å². The predicted molar refractivity (Wildman–Crippen MR) is 91.0 cm³/mol. The molecule has 0 unspecified atom stereocenters. The first-order valence-corrected chi connectivity index (χ1v) is 7.63. The molecule has 0 fully saturated rings. The number of H-pyrrole nitrogens is 1. The fourth-order valence-corrected chi connectivity index (χ4v) is 2.47. The summed E-state index contributed by atoms with van der Waals surface area (Å²) in [6, 6.07) is 8.79. The highest BCUT2D eigenvalue weighted by atomic mass is 16.5. The van der Waals surface area contributed by atoms with Gasteiger partial charge in [-0.25, -0.2) is 4.98 Å². The molecule has 0 atom stereocenters. The molecule has 1 aromatic carbocycles. The van der Waals surface area contributed by atoms with E-state index < -0.39 is 0 Å². The topological polar surface area (TPSA) is 110 Å². The van der Waals surface area contributed by atoms with Gasteiger partial charge in [0.05, 0.1) is 11.9 Å². The summed E-state index contributed by atoms with van der Waals surface area (Å²) in [5, 5.41) is 14.4. The van der Waals surface area contributed by atoms with Crippen molar-refractivity contribution in [2.24, 2.45) is 0 Å². The maximum Gasteiger partial charge on any atom is 0.257 e. The van der Waals surface area contributed by atoms with E-state index in [0.29, 0.717) is 28.6 Å². The summed E-state index contributed by atoms with van der Waals surface area (Å²) < 4.78 is 5.11. The zero-order chi connectivity index (χ0) is 17.4. The number of hydrogen-bond donors (Lipinski definition) is 2. The van der Waals surface area contributed by atoms with Gasteiger partial charge in [0.2, 0.25) is 0 Å². The van der Waals surface area contributed by atoms with E-state index in [0.717, 1.165) is 16.6 Å². The van der Waals surface area contributed by atoms with E-state index in [1.165, 1.54) is 0 Å². The second-order valence-corrected chi connectivity index (χ2v) is 5.62. The number of aromatic nitrogens is 5. The van der Waals surface area contributed by atoms with Crippen molar-refractivity contribution in [3.63, 3.8) is 0 Å². The van der Waals surface area contributed by atoms with Gasteiger partial charge in [-0.3, -0.25) is 9.89 Å². The molecule has 8 nitrogen and oxygen atoms in total. The average Bonchev–Trinajstić information content (AvgIpc) is 3.21. The van der Waals surface area contributed by atoms with Gasteiger partial charge in [-0.15, -0.1) is 0 Å². The summed E-state index contributed by atoms with van der Waals surface area (Å²) in [4.78, 5) is 20.8. The Morgan fingerprint density at radius 3 is 2.72 bits per heavy atom. The van der Waals surface area contributed by atoms with Crippen LogP contribution in [0.3, 0.4) is 0 Å². The van der Waals surface area contributed by atoms with E-state index in [4.69, 9.17) is 4.52 Å². The third kappa shape index (κ3) is 2.85. The number of pyridine rings is 1. The van der Waals surface area contributed by atoms with Crippen molar-refractivity contribution in [3.05, 3.63) is 53.6 Å². The predicted octanol–water partition coefficient (Wildman–Crippen LogP) is 2.88. The minimum absolute atomic E-state index is 0.226. The Morgan fingerprint density at radius 1 is 1.20 bits per heavy atom. The first-order chi connectivity index (χ1) is 12.1. The molecule has 3 aromatic heterocycles. The molecule has 0 aliphatic heterocycles. The first-order valence-electron chi connectivity index (χ1n) is 7.63. The molecule has 4 aromatic rings. The summed E-state index contributed by atoms with van der Waals surface area (Å²) in [6.07, 6.45) is 1.58. The monoisotopic (exact) mass is 334 g/mol. The van der Waals surface area contributed by atoms with Crippen LogP contribution in [0.5, 0.6) is 0 Å². The van der Waals surface area contributed by atoms with Gasteiger partial charge < -0.3 is 9.84 Å². The Kier molecular flexibility index (Phi) is 3.50. The van der Waals surface area contributed by atoms with Gasteiger partial charge in [0.1, 0.15) is 0 Å². The lowest BCUT2D eigenvalue weighted by molar-refractivity contribution is 0.102. The number of nitrogens with zero attached hydrogens (tertiary/aromatic N) is 4. The van der Waals surface area contributed by atoms with Crippen LogP contribution >= 0.6 is 0 Å². The molecular formula is C17H14N6O2. The largest absolute Gasteiger partial charge is 0.334 e. The van der Waals surface area contributed by atoms with Gasteiger partial charge >= 0.3 is 0 Å².